The number of benzene rings is 1. The summed E-state index contributed by atoms with van der Waals surface area (Å²) in [4.78, 5) is 12.9. The molecule has 0 saturated carbocycles. The lowest BCUT2D eigenvalue weighted by Gasteiger charge is -2.04. The molecule has 0 saturated heterocycles. The average molecular weight is 312 g/mol. The van der Waals surface area contributed by atoms with E-state index in [0.717, 1.165) is 23.4 Å². The molecular formula is C14H13FO3S2. The van der Waals surface area contributed by atoms with Gasteiger partial charge in [-0.25, -0.2) is 9.18 Å². The number of thiophene rings is 1. The van der Waals surface area contributed by atoms with Crippen molar-refractivity contribution < 1.29 is 18.5 Å². The maximum Gasteiger partial charge on any atom is 0.335 e. The summed E-state index contributed by atoms with van der Waals surface area (Å²) in [6.07, 6.45) is 0.903. The fourth-order valence-corrected chi connectivity index (χ4v) is 4.07. The summed E-state index contributed by atoms with van der Waals surface area (Å²) in [6, 6.07) is 7.19. The number of carboxylic acid groups (broad SMARTS) is 1. The van der Waals surface area contributed by atoms with Crippen LogP contribution in [0.5, 0.6) is 0 Å². The molecule has 1 N–H and O–H groups in total. The minimum Gasteiger partial charge on any atom is -0.478 e. The van der Waals surface area contributed by atoms with Crippen molar-refractivity contribution in [2.45, 2.75) is 24.0 Å². The number of aryl methyl sites for hydroxylation is 1. The Hall–Kier alpha value is -1.53. The van der Waals surface area contributed by atoms with Gasteiger partial charge in [-0.1, -0.05) is 6.92 Å². The van der Waals surface area contributed by atoms with Crippen LogP contribution in [-0.2, 0) is 23.0 Å². The van der Waals surface area contributed by atoms with Gasteiger partial charge in [0.15, 0.2) is 0 Å². The summed E-state index contributed by atoms with van der Waals surface area (Å²) >= 11 is 1.54. The molecule has 6 heteroatoms. The first-order valence-corrected chi connectivity index (χ1v) is 8.13. The Bertz CT molecular complexity index is 664. The molecule has 106 valence electrons. The van der Waals surface area contributed by atoms with E-state index in [9.17, 15) is 13.4 Å². The minimum absolute atomic E-state index is 0.0589. The molecule has 0 bridgehead atoms. The molecule has 0 spiro atoms. The van der Waals surface area contributed by atoms with Crippen LogP contribution in [0.2, 0.25) is 0 Å². The van der Waals surface area contributed by atoms with E-state index < -0.39 is 22.6 Å². The average Bonchev–Trinajstić information content (AvgIpc) is 2.86. The van der Waals surface area contributed by atoms with Gasteiger partial charge in [0.05, 0.1) is 27.0 Å². The Balaban J connectivity index is 2.24. The normalized spacial score (nSPS) is 12.3. The van der Waals surface area contributed by atoms with Crippen LogP contribution in [0.25, 0.3) is 0 Å². The molecule has 20 heavy (non-hydrogen) atoms. The Morgan fingerprint density at radius 1 is 1.30 bits per heavy atom. The van der Waals surface area contributed by atoms with E-state index >= 15 is 0 Å². The largest absolute Gasteiger partial charge is 0.478 e. The summed E-state index contributed by atoms with van der Waals surface area (Å²) in [7, 11) is -1.59. The Labute approximate surface area is 122 Å². The van der Waals surface area contributed by atoms with Crippen LogP contribution in [0, 0.1) is 5.82 Å². The molecule has 0 aliphatic carbocycles. The van der Waals surface area contributed by atoms with Crippen LogP contribution in [-0.4, -0.2) is 15.3 Å². The van der Waals surface area contributed by atoms with Crippen molar-refractivity contribution in [1.29, 1.82) is 0 Å². The monoisotopic (exact) mass is 312 g/mol. The van der Waals surface area contributed by atoms with Crippen LogP contribution < -0.4 is 0 Å². The number of carboxylic acids is 1. The van der Waals surface area contributed by atoms with Gasteiger partial charge < -0.3 is 5.11 Å². The third kappa shape index (κ3) is 3.32. The zero-order valence-corrected chi connectivity index (χ0v) is 12.4. The van der Waals surface area contributed by atoms with Crippen molar-refractivity contribution in [3.8, 4) is 0 Å². The molecule has 1 unspecified atom stereocenters. The molecule has 0 aliphatic heterocycles. The molecule has 3 nitrogen and oxygen atoms in total. The first-order valence-electron chi connectivity index (χ1n) is 6.00. The number of aromatic carboxylic acids is 1. The van der Waals surface area contributed by atoms with Crippen LogP contribution in [0.1, 0.15) is 27.0 Å². The van der Waals surface area contributed by atoms with E-state index in [0.29, 0.717) is 0 Å². The number of carbonyl (C=O) groups is 1. The molecule has 1 atom stereocenters. The van der Waals surface area contributed by atoms with Crippen molar-refractivity contribution >= 4 is 28.1 Å². The summed E-state index contributed by atoms with van der Waals surface area (Å²) in [5.41, 5.74) is -0.0600. The third-order valence-corrected chi connectivity index (χ3v) is 5.55. The zero-order chi connectivity index (χ0) is 14.7. The van der Waals surface area contributed by atoms with E-state index in [4.69, 9.17) is 5.11 Å². The molecule has 1 aromatic carbocycles. The van der Waals surface area contributed by atoms with Gasteiger partial charge in [0, 0.05) is 9.75 Å². The maximum atomic E-state index is 13.7. The number of hydrogen-bond donors (Lipinski definition) is 1. The first kappa shape index (κ1) is 14.9. The highest BCUT2D eigenvalue weighted by Gasteiger charge is 2.15. The second-order valence-corrected chi connectivity index (χ2v) is 6.83. The van der Waals surface area contributed by atoms with Crippen LogP contribution in [0.4, 0.5) is 4.39 Å². The molecule has 0 amide bonds. The summed E-state index contributed by atoms with van der Waals surface area (Å²) in [6.45, 7) is 2.03. The van der Waals surface area contributed by atoms with Gasteiger partial charge in [-0.05, 0) is 36.8 Å². The highest BCUT2D eigenvalue weighted by molar-refractivity contribution is 7.84. The maximum absolute atomic E-state index is 13.7. The Morgan fingerprint density at radius 3 is 2.60 bits per heavy atom. The fourth-order valence-electron chi connectivity index (χ4n) is 1.71. The number of hydrogen-bond acceptors (Lipinski definition) is 3. The van der Waals surface area contributed by atoms with E-state index in [1.54, 1.807) is 11.3 Å². The fraction of sp³-hybridized carbons (Fsp3) is 0.214. The first-order chi connectivity index (χ1) is 9.51. The van der Waals surface area contributed by atoms with Gasteiger partial charge in [0.25, 0.3) is 0 Å². The molecule has 2 aromatic rings. The van der Waals surface area contributed by atoms with E-state index in [-0.39, 0.29) is 16.2 Å². The van der Waals surface area contributed by atoms with E-state index in [2.05, 4.69) is 0 Å². The molecule has 2 rings (SSSR count). The highest BCUT2D eigenvalue weighted by Crippen LogP contribution is 2.23. The number of rotatable bonds is 5. The van der Waals surface area contributed by atoms with Crippen LogP contribution in [0.15, 0.2) is 35.2 Å². The molecule has 0 fully saturated rings. The smallest absolute Gasteiger partial charge is 0.335 e. The topological polar surface area (TPSA) is 54.4 Å². The van der Waals surface area contributed by atoms with Gasteiger partial charge in [0.1, 0.15) is 5.82 Å². The van der Waals surface area contributed by atoms with Gasteiger partial charge in [0.2, 0.25) is 0 Å². The lowest BCUT2D eigenvalue weighted by Crippen LogP contribution is -2.03. The van der Waals surface area contributed by atoms with Gasteiger partial charge in [-0.3, -0.25) is 4.21 Å². The molecule has 1 aromatic heterocycles. The molecule has 1 heterocycles. The van der Waals surface area contributed by atoms with Crippen LogP contribution >= 0.6 is 11.3 Å². The number of halogens is 1. The van der Waals surface area contributed by atoms with Crippen molar-refractivity contribution in [3.05, 3.63) is 51.5 Å². The second-order valence-electron chi connectivity index (χ2n) is 4.16. The summed E-state index contributed by atoms with van der Waals surface area (Å²) in [5.74, 6) is -1.60. The SMILES string of the molecule is CCc1ccc(CS(=O)c2cc(C(=O)O)ccc2F)s1. The third-order valence-electron chi connectivity index (χ3n) is 2.76. The van der Waals surface area contributed by atoms with Crippen LogP contribution in [0.3, 0.4) is 0 Å². The lowest BCUT2D eigenvalue weighted by atomic mass is 10.2. The standard InChI is InChI=1S/C14H13FO3S2/c1-2-10-4-5-11(19-10)8-20(18)13-7-9(14(16)17)3-6-12(13)15/h3-7H,2,8H2,1H3,(H,16,17). The van der Waals surface area contributed by atoms with Crippen molar-refractivity contribution in [1.82, 2.24) is 0 Å². The quantitative estimate of drug-likeness (QED) is 0.920. The molecule has 0 aliphatic rings. The Morgan fingerprint density at radius 2 is 2.00 bits per heavy atom. The summed E-state index contributed by atoms with van der Waals surface area (Å²) in [5, 5.41) is 8.89. The van der Waals surface area contributed by atoms with Gasteiger partial charge in [-0.15, -0.1) is 11.3 Å². The van der Waals surface area contributed by atoms with Crippen molar-refractivity contribution in [2.75, 3.05) is 0 Å². The Kier molecular flexibility index (Phi) is 4.67. The second kappa shape index (κ2) is 6.28. The van der Waals surface area contributed by atoms with E-state index in [1.807, 2.05) is 19.1 Å². The molecular weight excluding hydrogens is 299 g/mol. The predicted octanol–water partition coefficient (Wildman–Crippen LogP) is 3.46. The minimum atomic E-state index is -1.59. The summed E-state index contributed by atoms with van der Waals surface area (Å²) < 4.78 is 25.9. The zero-order valence-electron chi connectivity index (χ0n) is 10.8. The lowest BCUT2D eigenvalue weighted by molar-refractivity contribution is 0.0696. The van der Waals surface area contributed by atoms with Gasteiger partial charge >= 0.3 is 5.97 Å². The van der Waals surface area contributed by atoms with Crippen molar-refractivity contribution in [3.63, 3.8) is 0 Å². The highest BCUT2D eigenvalue weighted by atomic mass is 32.2. The van der Waals surface area contributed by atoms with Gasteiger partial charge in [-0.2, -0.15) is 0 Å². The molecule has 0 radical (unpaired) electrons. The van der Waals surface area contributed by atoms with Crippen molar-refractivity contribution in [2.24, 2.45) is 0 Å². The van der Waals surface area contributed by atoms with E-state index in [1.165, 1.54) is 10.9 Å². The predicted molar refractivity (Wildman–Crippen MR) is 77.2 cm³/mol.